The largest absolute Gasteiger partial charge is 0.352 e. The molecule has 0 radical (unpaired) electrons. The van der Waals surface area contributed by atoms with E-state index in [1.807, 2.05) is 0 Å². The van der Waals surface area contributed by atoms with Gasteiger partial charge in [0.15, 0.2) is 0 Å². The topological polar surface area (TPSA) is 29.1 Å². The predicted molar refractivity (Wildman–Crippen MR) is 83.7 cm³/mol. The van der Waals surface area contributed by atoms with Crippen LogP contribution in [0.5, 0.6) is 0 Å². The Kier molecular flexibility index (Phi) is 3.04. The van der Waals surface area contributed by atoms with Gasteiger partial charge >= 0.3 is 0 Å². The minimum Gasteiger partial charge on any atom is -0.352 e. The van der Waals surface area contributed by atoms with Crippen LogP contribution in [0.1, 0.15) is 64.7 Å². The van der Waals surface area contributed by atoms with E-state index < -0.39 is 0 Å². The van der Waals surface area contributed by atoms with Gasteiger partial charge in [-0.2, -0.15) is 0 Å². The Morgan fingerprint density at radius 3 is 2.40 bits per heavy atom. The number of hydrogen-bond acceptors (Lipinski definition) is 1. The Bertz CT molecular complexity index is 421. The maximum absolute atomic E-state index is 13.0. The lowest BCUT2D eigenvalue weighted by Crippen LogP contribution is -2.58. The number of alkyl halides is 1. The molecule has 112 valence electrons. The minimum absolute atomic E-state index is 0.00581. The van der Waals surface area contributed by atoms with Crippen molar-refractivity contribution in [1.82, 2.24) is 5.32 Å². The molecule has 0 heterocycles. The smallest absolute Gasteiger partial charge is 0.226 e. The first-order chi connectivity index (χ1) is 9.48. The summed E-state index contributed by atoms with van der Waals surface area (Å²) in [4.78, 5) is 13.5. The van der Waals surface area contributed by atoms with Crippen molar-refractivity contribution in [3.05, 3.63) is 0 Å². The van der Waals surface area contributed by atoms with Gasteiger partial charge in [0.25, 0.3) is 0 Å². The number of amides is 1. The molecule has 3 heteroatoms. The molecule has 20 heavy (non-hydrogen) atoms. The molecule has 4 bridgehead atoms. The molecule has 5 fully saturated rings. The standard InChI is InChI=1S/C17H26BrNO/c1-16-6-11-5-12(7-16)9-17(8-11,10-16)15(20)19-14-4-2-3-13(14)18/h11-14H,2-10H2,1H3,(H,19,20). The fraction of sp³-hybridized carbons (Fsp3) is 0.941. The molecule has 0 aromatic heterocycles. The van der Waals surface area contributed by atoms with E-state index in [4.69, 9.17) is 0 Å². The summed E-state index contributed by atoms with van der Waals surface area (Å²) in [5.74, 6) is 2.06. The summed E-state index contributed by atoms with van der Waals surface area (Å²) in [7, 11) is 0. The van der Waals surface area contributed by atoms with Crippen LogP contribution in [0.3, 0.4) is 0 Å². The number of halogens is 1. The molecule has 4 atom stereocenters. The van der Waals surface area contributed by atoms with Gasteiger partial charge in [0.1, 0.15) is 0 Å². The van der Waals surface area contributed by atoms with E-state index in [0.29, 0.717) is 22.2 Å². The van der Waals surface area contributed by atoms with E-state index in [9.17, 15) is 4.79 Å². The first-order valence-electron chi connectivity index (χ1n) is 8.43. The summed E-state index contributed by atoms with van der Waals surface area (Å²) < 4.78 is 0. The number of carbonyl (C=O) groups excluding carboxylic acids is 1. The Labute approximate surface area is 130 Å². The second-order valence-corrected chi connectivity index (χ2v) is 9.76. The molecule has 0 spiro atoms. The zero-order chi connectivity index (χ0) is 14.0. The van der Waals surface area contributed by atoms with Crippen molar-refractivity contribution in [3.63, 3.8) is 0 Å². The summed E-state index contributed by atoms with van der Waals surface area (Å²) in [6.45, 7) is 2.44. The Morgan fingerprint density at radius 2 is 1.85 bits per heavy atom. The van der Waals surface area contributed by atoms with E-state index in [-0.39, 0.29) is 5.41 Å². The normalized spacial score (nSPS) is 53.3. The maximum Gasteiger partial charge on any atom is 0.226 e. The van der Waals surface area contributed by atoms with E-state index in [2.05, 4.69) is 28.2 Å². The highest BCUT2D eigenvalue weighted by atomic mass is 79.9. The number of rotatable bonds is 2. The van der Waals surface area contributed by atoms with Gasteiger partial charge in [-0.15, -0.1) is 0 Å². The highest BCUT2D eigenvalue weighted by Gasteiger charge is 2.59. The van der Waals surface area contributed by atoms with Crippen LogP contribution in [-0.4, -0.2) is 16.8 Å². The van der Waals surface area contributed by atoms with Crippen molar-refractivity contribution in [3.8, 4) is 0 Å². The fourth-order valence-electron chi connectivity index (χ4n) is 6.38. The van der Waals surface area contributed by atoms with E-state index in [0.717, 1.165) is 24.7 Å². The summed E-state index contributed by atoms with van der Waals surface area (Å²) >= 11 is 3.74. The van der Waals surface area contributed by atoms with Crippen LogP contribution < -0.4 is 5.32 Å². The highest BCUT2D eigenvalue weighted by Crippen LogP contribution is 2.65. The third-order valence-corrected chi connectivity index (χ3v) is 7.68. The van der Waals surface area contributed by atoms with Crippen LogP contribution in [0.4, 0.5) is 0 Å². The van der Waals surface area contributed by atoms with Crippen molar-refractivity contribution >= 4 is 21.8 Å². The molecule has 0 saturated heterocycles. The third kappa shape index (κ3) is 2.07. The van der Waals surface area contributed by atoms with Crippen LogP contribution in [0.25, 0.3) is 0 Å². The van der Waals surface area contributed by atoms with Crippen molar-refractivity contribution in [2.24, 2.45) is 22.7 Å². The van der Waals surface area contributed by atoms with Crippen LogP contribution in [0, 0.1) is 22.7 Å². The molecule has 0 aromatic carbocycles. The van der Waals surface area contributed by atoms with Crippen LogP contribution >= 0.6 is 15.9 Å². The Balaban J connectivity index is 1.53. The molecule has 4 unspecified atom stereocenters. The Morgan fingerprint density at radius 1 is 1.15 bits per heavy atom. The number of carbonyl (C=O) groups is 1. The van der Waals surface area contributed by atoms with E-state index in [1.165, 1.54) is 44.9 Å². The minimum atomic E-state index is -0.00581. The molecule has 1 amide bonds. The van der Waals surface area contributed by atoms with E-state index >= 15 is 0 Å². The van der Waals surface area contributed by atoms with Crippen LogP contribution in [0.2, 0.25) is 0 Å². The van der Waals surface area contributed by atoms with Crippen molar-refractivity contribution in [2.45, 2.75) is 75.6 Å². The molecular weight excluding hydrogens is 314 g/mol. The van der Waals surface area contributed by atoms with Gasteiger partial charge in [-0.1, -0.05) is 29.3 Å². The second kappa shape index (κ2) is 4.47. The predicted octanol–water partition coefficient (Wildman–Crippen LogP) is 4.03. The summed E-state index contributed by atoms with van der Waals surface area (Å²) in [5.41, 5.74) is 0.457. The van der Waals surface area contributed by atoms with Crippen LogP contribution in [-0.2, 0) is 4.79 Å². The lowest BCUT2D eigenvalue weighted by molar-refractivity contribution is -0.155. The summed E-state index contributed by atoms with van der Waals surface area (Å²) in [6, 6.07) is 0.378. The average Bonchev–Trinajstić information content (AvgIpc) is 2.71. The monoisotopic (exact) mass is 339 g/mol. The van der Waals surface area contributed by atoms with Crippen LogP contribution in [0.15, 0.2) is 0 Å². The molecule has 5 rings (SSSR count). The molecule has 5 aliphatic rings. The highest BCUT2D eigenvalue weighted by molar-refractivity contribution is 9.09. The van der Waals surface area contributed by atoms with Crippen molar-refractivity contribution in [2.75, 3.05) is 0 Å². The molecular formula is C17H26BrNO. The van der Waals surface area contributed by atoms with Crippen molar-refractivity contribution < 1.29 is 4.79 Å². The van der Waals surface area contributed by atoms with Gasteiger partial charge in [-0.25, -0.2) is 0 Å². The van der Waals surface area contributed by atoms with E-state index in [1.54, 1.807) is 0 Å². The zero-order valence-electron chi connectivity index (χ0n) is 12.5. The fourth-order valence-corrected chi connectivity index (χ4v) is 7.11. The maximum atomic E-state index is 13.0. The average molecular weight is 340 g/mol. The van der Waals surface area contributed by atoms with Gasteiger partial charge in [-0.3, -0.25) is 4.79 Å². The first kappa shape index (κ1) is 13.6. The molecule has 5 saturated carbocycles. The van der Waals surface area contributed by atoms with Gasteiger partial charge in [0, 0.05) is 10.9 Å². The quantitative estimate of drug-likeness (QED) is 0.756. The molecule has 0 aliphatic heterocycles. The second-order valence-electron chi connectivity index (χ2n) is 8.58. The third-order valence-electron chi connectivity index (χ3n) is 6.58. The Hall–Kier alpha value is -0.0500. The summed E-state index contributed by atoms with van der Waals surface area (Å²) in [6.07, 6.45) is 11.3. The molecule has 0 aromatic rings. The lowest BCUT2D eigenvalue weighted by atomic mass is 9.44. The lowest BCUT2D eigenvalue weighted by Gasteiger charge is -2.60. The SMILES string of the molecule is CC12CC3CC(C1)CC(C(=O)NC1CCCC1Br)(C3)C2. The van der Waals surface area contributed by atoms with Crippen molar-refractivity contribution in [1.29, 1.82) is 0 Å². The summed E-state index contributed by atoms with van der Waals surface area (Å²) in [5, 5.41) is 3.42. The zero-order valence-corrected chi connectivity index (χ0v) is 14.0. The van der Waals surface area contributed by atoms with Gasteiger partial charge in [-0.05, 0) is 68.6 Å². The van der Waals surface area contributed by atoms with Gasteiger partial charge < -0.3 is 5.32 Å². The number of nitrogens with one attached hydrogen (secondary N) is 1. The van der Waals surface area contributed by atoms with Gasteiger partial charge in [0.05, 0.1) is 5.41 Å². The molecule has 2 nitrogen and oxygen atoms in total. The molecule has 5 aliphatic carbocycles. The van der Waals surface area contributed by atoms with Gasteiger partial charge in [0.2, 0.25) is 5.91 Å². The molecule has 1 N–H and O–H groups in total. The first-order valence-corrected chi connectivity index (χ1v) is 9.35. The number of hydrogen-bond donors (Lipinski definition) is 1.